The van der Waals surface area contributed by atoms with Crippen LogP contribution in [0, 0.1) is 5.92 Å². The van der Waals surface area contributed by atoms with Gasteiger partial charge in [-0.3, -0.25) is 0 Å². The summed E-state index contributed by atoms with van der Waals surface area (Å²) in [5.74, 6) is 1.17. The van der Waals surface area contributed by atoms with Gasteiger partial charge in [-0.1, -0.05) is 6.58 Å². The van der Waals surface area contributed by atoms with Crippen molar-refractivity contribution in [1.82, 2.24) is 25.1 Å². The monoisotopic (exact) mass is 373 g/mol. The molecule has 2 fully saturated rings. The Morgan fingerprint density at radius 2 is 2.04 bits per heavy atom. The molecular weight excluding hydrogens is 350 g/mol. The summed E-state index contributed by atoms with van der Waals surface area (Å²) < 4.78 is 1.94. The molecule has 2 aromatic heterocycles. The van der Waals surface area contributed by atoms with E-state index in [2.05, 4.69) is 27.1 Å². The predicted octanol–water partition coefficient (Wildman–Crippen LogP) is 3.58. The van der Waals surface area contributed by atoms with Crippen molar-refractivity contribution >= 4 is 5.57 Å². The Labute approximate surface area is 164 Å². The first kappa shape index (κ1) is 17.1. The van der Waals surface area contributed by atoms with Crippen LogP contribution in [0.5, 0.6) is 5.75 Å². The summed E-state index contributed by atoms with van der Waals surface area (Å²) in [6.07, 6.45) is 10.2. The molecule has 3 aromatic rings. The topological polar surface area (TPSA) is 75.9 Å². The molecule has 6 heteroatoms. The van der Waals surface area contributed by atoms with Crippen molar-refractivity contribution in [3.05, 3.63) is 61.3 Å². The van der Waals surface area contributed by atoms with E-state index in [1.807, 2.05) is 41.2 Å². The molecule has 1 spiro atoms. The number of nitrogens with zero attached hydrogens (tertiary/aromatic N) is 4. The Morgan fingerprint density at radius 1 is 1.21 bits per heavy atom. The molecule has 1 saturated carbocycles. The van der Waals surface area contributed by atoms with E-state index in [4.69, 9.17) is 0 Å². The second-order valence-electron chi connectivity index (χ2n) is 7.88. The van der Waals surface area contributed by atoms with Gasteiger partial charge in [0.15, 0.2) is 5.82 Å². The van der Waals surface area contributed by atoms with Crippen LogP contribution in [0.15, 0.2) is 55.5 Å². The molecule has 5 rings (SSSR count). The zero-order chi connectivity index (χ0) is 19.1. The maximum atomic E-state index is 10.5. The van der Waals surface area contributed by atoms with Gasteiger partial charge < -0.3 is 15.0 Å². The van der Waals surface area contributed by atoms with E-state index in [0.717, 1.165) is 30.6 Å². The van der Waals surface area contributed by atoms with Gasteiger partial charge in [-0.15, -0.1) is 10.2 Å². The lowest BCUT2D eigenvalue weighted by Gasteiger charge is -2.31. The molecule has 1 aromatic carbocycles. The summed E-state index contributed by atoms with van der Waals surface area (Å²) in [5, 5.41) is 22.7. The van der Waals surface area contributed by atoms with Gasteiger partial charge in [0, 0.05) is 35.2 Å². The highest BCUT2D eigenvalue weighted by Gasteiger charge is 2.46. The van der Waals surface area contributed by atoms with Gasteiger partial charge in [0.05, 0.1) is 6.20 Å². The van der Waals surface area contributed by atoms with Crippen molar-refractivity contribution in [3.8, 4) is 22.7 Å². The lowest BCUT2D eigenvalue weighted by molar-refractivity contribution is 0.334. The van der Waals surface area contributed by atoms with E-state index in [9.17, 15) is 5.11 Å². The van der Waals surface area contributed by atoms with Crippen LogP contribution >= 0.6 is 0 Å². The Hall–Kier alpha value is -2.99. The normalized spacial score (nSPS) is 20.2. The lowest BCUT2D eigenvalue weighted by Crippen LogP contribution is -2.40. The van der Waals surface area contributed by atoms with Gasteiger partial charge >= 0.3 is 0 Å². The van der Waals surface area contributed by atoms with Crippen LogP contribution in [-0.4, -0.2) is 36.9 Å². The van der Waals surface area contributed by atoms with Crippen LogP contribution < -0.4 is 5.32 Å². The summed E-state index contributed by atoms with van der Waals surface area (Å²) in [7, 11) is 0. The maximum absolute atomic E-state index is 10.5. The minimum Gasteiger partial charge on any atom is -0.507 e. The van der Waals surface area contributed by atoms with Crippen molar-refractivity contribution in [2.45, 2.75) is 31.2 Å². The molecule has 28 heavy (non-hydrogen) atoms. The molecule has 3 heterocycles. The van der Waals surface area contributed by atoms with E-state index in [1.54, 1.807) is 12.3 Å². The lowest BCUT2D eigenvalue weighted by atomic mass is 9.85. The molecule has 142 valence electrons. The number of aromatic hydroxyl groups is 1. The molecule has 2 aliphatic rings. The van der Waals surface area contributed by atoms with Crippen LogP contribution in [0.2, 0.25) is 0 Å². The number of nitrogens with one attached hydrogen (secondary N) is 1. The number of phenols is 1. The fourth-order valence-corrected chi connectivity index (χ4v) is 4.12. The third-order valence-corrected chi connectivity index (χ3v) is 5.98. The highest BCUT2D eigenvalue weighted by atomic mass is 16.3. The molecule has 2 N–H and O–H groups in total. The van der Waals surface area contributed by atoms with Crippen LogP contribution in [-0.2, 0) is 0 Å². The van der Waals surface area contributed by atoms with Gasteiger partial charge in [-0.05, 0) is 68.0 Å². The molecule has 6 nitrogen and oxygen atoms in total. The number of benzene rings is 1. The van der Waals surface area contributed by atoms with Gasteiger partial charge in [0.25, 0.3) is 0 Å². The highest BCUT2D eigenvalue weighted by molar-refractivity contribution is 5.68. The van der Waals surface area contributed by atoms with Gasteiger partial charge in [-0.2, -0.15) is 0 Å². The number of hydrogen-bond acceptors (Lipinski definition) is 5. The third kappa shape index (κ3) is 3.10. The van der Waals surface area contributed by atoms with Crippen molar-refractivity contribution in [2.24, 2.45) is 5.92 Å². The Morgan fingerprint density at radius 3 is 2.71 bits per heavy atom. The average molecular weight is 373 g/mol. The molecule has 1 aliphatic carbocycles. The summed E-state index contributed by atoms with van der Waals surface area (Å²) in [6, 6.07) is 9.38. The first-order chi connectivity index (χ1) is 13.6. The number of phenolic OH excluding ortho intramolecular Hbond substituents is 1. The van der Waals surface area contributed by atoms with E-state index in [-0.39, 0.29) is 5.75 Å². The maximum Gasteiger partial charge on any atom is 0.177 e. The standard InChI is InChI=1S/C22H23N5O/c1-15(16-6-9-24-22(13-16)7-8-22)21-23-14-19(25-26-21)18-5-4-17(12-20(18)28)27-10-2-3-11-27/h2-5,10-12,14,16,24,28H,1,6-9,13H2/t16-/m0/s1. The van der Waals surface area contributed by atoms with Gasteiger partial charge in [0.1, 0.15) is 11.4 Å². The van der Waals surface area contributed by atoms with Crippen molar-refractivity contribution in [2.75, 3.05) is 6.54 Å². The zero-order valence-electron chi connectivity index (χ0n) is 15.7. The largest absolute Gasteiger partial charge is 0.507 e. The molecule has 1 saturated heterocycles. The molecular formula is C22H23N5O. The van der Waals surface area contributed by atoms with E-state index in [0.29, 0.717) is 28.5 Å². The zero-order valence-corrected chi connectivity index (χ0v) is 15.7. The minimum absolute atomic E-state index is 0.155. The smallest absolute Gasteiger partial charge is 0.177 e. The molecule has 0 unspecified atom stereocenters. The van der Waals surface area contributed by atoms with Gasteiger partial charge in [0.2, 0.25) is 0 Å². The average Bonchev–Trinajstić information content (AvgIpc) is 3.24. The summed E-state index contributed by atoms with van der Waals surface area (Å²) >= 11 is 0. The van der Waals surface area contributed by atoms with E-state index in [1.165, 1.54) is 12.8 Å². The summed E-state index contributed by atoms with van der Waals surface area (Å²) in [5.41, 5.74) is 3.37. The van der Waals surface area contributed by atoms with Crippen molar-refractivity contribution < 1.29 is 5.11 Å². The molecule has 0 bridgehead atoms. The van der Waals surface area contributed by atoms with Crippen molar-refractivity contribution in [1.29, 1.82) is 0 Å². The molecule has 0 amide bonds. The molecule has 1 aliphatic heterocycles. The number of hydrogen-bond donors (Lipinski definition) is 2. The van der Waals surface area contributed by atoms with Crippen LogP contribution in [0.4, 0.5) is 0 Å². The Kier molecular flexibility index (Phi) is 4.02. The van der Waals surface area contributed by atoms with Crippen LogP contribution in [0.3, 0.4) is 0 Å². The number of rotatable bonds is 4. The Bertz CT molecular complexity index is 1010. The predicted molar refractivity (Wildman–Crippen MR) is 108 cm³/mol. The number of allylic oxidation sites excluding steroid dienone is 1. The fourth-order valence-electron chi connectivity index (χ4n) is 4.12. The second-order valence-corrected chi connectivity index (χ2v) is 7.88. The van der Waals surface area contributed by atoms with Gasteiger partial charge in [-0.25, -0.2) is 4.98 Å². The fraction of sp³-hybridized carbons (Fsp3) is 0.318. The third-order valence-electron chi connectivity index (χ3n) is 5.98. The van der Waals surface area contributed by atoms with E-state index < -0.39 is 0 Å². The number of piperidine rings is 1. The summed E-state index contributed by atoms with van der Waals surface area (Å²) in [4.78, 5) is 4.50. The molecule has 1 atom stereocenters. The van der Waals surface area contributed by atoms with Crippen LogP contribution in [0.25, 0.3) is 22.5 Å². The first-order valence-electron chi connectivity index (χ1n) is 9.74. The quantitative estimate of drug-likeness (QED) is 0.731. The SMILES string of the molecule is C=C(c1ncc(-c2ccc(-n3cccc3)cc2O)nn1)[C@H]1CCNC2(CC2)C1. The van der Waals surface area contributed by atoms with Crippen LogP contribution in [0.1, 0.15) is 31.5 Å². The summed E-state index contributed by atoms with van der Waals surface area (Å²) in [6.45, 7) is 5.28. The van der Waals surface area contributed by atoms with Crippen molar-refractivity contribution in [3.63, 3.8) is 0 Å². The second kappa shape index (κ2) is 6.56. The minimum atomic E-state index is 0.155. The first-order valence-corrected chi connectivity index (χ1v) is 9.74. The highest BCUT2D eigenvalue weighted by Crippen LogP contribution is 2.46. The van der Waals surface area contributed by atoms with E-state index >= 15 is 0 Å². The Balaban J connectivity index is 1.35. The molecule has 0 radical (unpaired) electrons. The number of aromatic nitrogens is 4.